The van der Waals surface area contributed by atoms with Gasteiger partial charge in [0, 0.05) is 20.4 Å². The van der Waals surface area contributed by atoms with Crippen LogP contribution in [0.4, 0.5) is 0 Å². The maximum absolute atomic E-state index is 8.27. The second-order valence-corrected chi connectivity index (χ2v) is 14.9. The van der Waals surface area contributed by atoms with E-state index in [-0.39, 0.29) is 0 Å². The van der Waals surface area contributed by atoms with Crippen molar-refractivity contribution in [3.63, 3.8) is 0 Å². The number of fused-ring (bicyclic) bond motifs is 4. The molecule has 0 aliphatic rings. The summed E-state index contributed by atoms with van der Waals surface area (Å²) in [5, 5.41) is 1.86. The van der Waals surface area contributed by atoms with Gasteiger partial charge in [0.05, 0.1) is 22.3 Å². The van der Waals surface area contributed by atoms with Gasteiger partial charge in [-0.25, -0.2) is 4.98 Å². The van der Waals surface area contributed by atoms with E-state index in [2.05, 4.69) is 89.5 Å². The first kappa shape index (κ1) is 32.1. The van der Waals surface area contributed by atoms with Crippen LogP contribution in [0, 0.1) is 6.85 Å². The lowest BCUT2D eigenvalue weighted by atomic mass is 9.95. The maximum atomic E-state index is 8.27. The Labute approximate surface area is 352 Å². The number of hydrogen-bond acceptors (Lipinski definition) is 3. The Kier molecular flexibility index (Phi) is 7.89. The Hall–Kier alpha value is -7.95. The molecule has 0 amide bonds. The van der Waals surface area contributed by atoms with E-state index in [0.717, 1.165) is 77.6 Å². The summed E-state index contributed by atoms with van der Waals surface area (Å²) in [5.74, 6) is 1.96. The molecule has 11 aromatic rings. The molecule has 0 radical (unpaired) electrons. The number of hydrogen-bond donors (Lipinski definition) is 0. The van der Waals surface area contributed by atoms with Crippen molar-refractivity contribution in [1.29, 1.82) is 0 Å². The lowest BCUT2D eigenvalue weighted by Gasteiger charge is -2.16. The molecular weight excluding hydrogens is 733 g/mol. The number of aromatic nitrogens is 2. The minimum Gasteiger partial charge on any atom is -0.457 e. The van der Waals surface area contributed by atoms with Gasteiger partial charge in [-0.15, -0.1) is 0 Å². The maximum Gasteiger partial charge on any atom is 0.149 e. The van der Waals surface area contributed by atoms with Gasteiger partial charge in [-0.1, -0.05) is 152 Å². The second-order valence-electron chi connectivity index (χ2n) is 14.9. The molecule has 4 nitrogen and oxygen atoms in total. The summed E-state index contributed by atoms with van der Waals surface area (Å²) >= 11 is 0. The molecule has 0 fully saturated rings. The van der Waals surface area contributed by atoms with Gasteiger partial charge in [-0.3, -0.25) is 4.57 Å². The third kappa shape index (κ3) is 6.32. The molecule has 60 heavy (non-hydrogen) atoms. The first-order valence-corrected chi connectivity index (χ1v) is 20.0. The molecule has 2 aromatic heterocycles. The molecular formula is C56H38N2O2. The minimum absolute atomic E-state index is 0.311. The molecule has 4 heteroatoms. The summed E-state index contributed by atoms with van der Waals surface area (Å²) in [6.45, 7) is -2.27. The van der Waals surface area contributed by atoms with Crippen molar-refractivity contribution >= 4 is 33.0 Å². The molecule has 0 aliphatic carbocycles. The molecule has 0 spiro atoms. The summed E-state index contributed by atoms with van der Waals surface area (Å²) in [5.41, 5.74) is 13.0. The smallest absolute Gasteiger partial charge is 0.149 e. The summed E-state index contributed by atoms with van der Waals surface area (Å²) in [7, 11) is 0. The second kappa shape index (κ2) is 14.8. The molecule has 0 saturated carbocycles. The fraction of sp³-hybridized carbons (Fsp3) is 0.0179. The van der Waals surface area contributed by atoms with E-state index in [0.29, 0.717) is 34.0 Å². The number of aryl methyl sites for hydroxylation is 1. The summed E-state index contributed by atoms with van der Waals surface area (Å²) in [6, 6.07) is 70.9. The molecule has 2 heterocycles. The zero-order chi connectivity index (χ0) is 42.5. The first-order chi connectivity index (χ1) is 30.9. The largest absolute Gasteiger partial charge is 0.457 e. The van der Waals surface area contributed by atoms with Crippen LogP contribution in [0.3, 0.4) is 0 Å². The monoisotopic (exact) mass is 773 g/mol. The normalized spacial score (nSPS) is 12.4. The fourth-order valence-electron chi connectivity index (χ4n) is 8.32. The predicted octanol–water partition coefficient (Wildman–Crippen LogP) is 15.4. The van der Waals surface area contributed by atoms with E-state index in [1.165, 1.54) is 0 Å². The molecule has 0 atom stereocenters. The average molecular weight is 774 g/mol. The van der Waals surface area contributed by atoms with Gasteiger partial charge in [0.2, 0.25) is 0 Å². The van der Waals surface area contributed by atoms with Gasteiger partial charge in [0.25, 0.3) is 0 Å². The van der Waals surface area contributed by atoms with Gasteiger partial charge < -0.3 is 9.15 Å². The van der Waals surface area contributed by atoms with Crippen LogP contribution in [0.5, 0.6) is 11.5 Å². The van der Waals surface area contributed by atoms with Crippen LogP contribution in [0.1, 0.15) is 9.68 Å². The van der Waals surface area contributed by atoms with Crippen molar-refractivity contribution in [2.45, 2.75) is 6.85 Å². The van der Waals surface area contributed by atoms with Gasteiger partial charge in [-0.05, 0) is 112 Å². The molecule has 0 unspecified atom stereocenters. The van der Waals surface area contributed by atoms with Crippen molar-refractivity contribution in [2.75, 3.05) is 0 Å². The van der Waals surface area contributed by atoms with E-state index in [1.54, 1.807) is 6.07 Å². The van der Waals surface area contributed by atoms with E-state index >= 15 is 0 Å². The van der Waals surface area contributed by atoms with E-state index in [1.807, 2.05) is 121 Å². The van der Waals surface area contributed by atoms with Crippen LogP contribution in [0.15, 0.2) is 217 Å². The highest BCUT2D eigenvalue weighted by Crippen LogP contribution is 2.44. The third-order valence-electron chi connectivity index (χ3n) is 11.2. The first-order valence-electron chi connectivity index (χ1n) is 21.5. The number of imidazole rings is 1. The summed E-state index contributed by atoms with van der Waals surface area (Å²) in [6.07, 6.45) is 0. The fourth-order valence-corrected chi connectivity index (χ4v) is 8.32. The Balaban J connectivity index is 1.09. The molecule has 0 saturated heterocycles. The highest BCUT2D eigenvalue weighted by atomic mass is 16.5. The lowest BCUT2D eigenvalue weighted by molar-refractivity contribution is 0.483. The van der Waals surface area contributed by atoms with Crippen LogP contribution in [-0.4, -0.2) is 9.55 Å². The third-order valence-corrected chi connectivity index (χ3v) is 11.2. The van der Waals surface area contributed by atoms with Crippen LogP contribution in [-0.2, 0) is 0 Å². The Morgan fingerprint density at radius 1 is 0.467 bits per heavy atom. The Morgan fingerprint density at radius 2 is 1.12 bits per heavy atom. The SMILES string of the molecule is [2H]C([2H])([2H])c1ccc(-c2cccc(Oc3cc(-c4nc5ccccc5n4-c4ccccc4-c4ccccc4)c4oc5cc(-c6ccccc6)ccc5c4c3)c2)cc1-c1ccccc1. The highest BCUT2D eigenvalue weighted by Gasteiger charge is 2.23. The van der Waals surface area contributed by atoms with Crippen molar-refractivity contribution in [1.82, 2.24) is 9.55 Å². The Bertz CT molecular complexity index is 3470. The van der Waals surface area contributed by atoms with Crippen molar-refractivity contribution < 1.29 is 13.3 Å². The van der Waals surface area contributed by atoms with E-state index in [9.17, 15) is 0 Å². The number of ether oxygens (including phenoxy) is 1. The summed E-state index contributed by atoms with van der Waals surface area (Å²) in [4.78, 5) is 5.35. The van der Waals surface area contributed by atoms with E-state index in [4.69, 9.17) is 18.3 Å². The lowest BCUT2D eigenvalue weighted by Crippen LogP contribution is -2.00. The van der Waals surface area contributed by atoms with Crippen molar-refractivity contribution in [3.8, 4) is 73.1 Å². The van der Waals surface area contributed by atoms with Crippen molar-refractivity contribution in [3.05, 3.63) is 218 Å². The minimum atomic E-state index is -2.27. The molecule has 0 N–H and O–H groups in total. The quantitative estimate of drug-likeness (QED) is 0.154. The molecule has 284 valence electrons. The number of para-hydroxylation sites is 3. The van der Waals surface area contributed by atoms with Crippen LogP contribution in [0.2, 0.25) is 0 Å². The molecule has 9 aromatic carbocycles. The van der Waals surface area contributed by atoms with Gasteiger partial charge >= 0.3 is 0 Å². The standard InChI is InChI=1S/C56H38N2O2/c1-37-28-29-42(33-48(37)40-20-9-4-10-21-40)41-22-15-23-44(32-41)59-45-35-49-47-31-30-43(38-16-5-2-6-17-38)34-54(47)60-55(49)50(36-45)56-57-51-25-12-14-27-53(51)58(56)52-26-13-11-24-46(52)39-18-7-3-8-19-39/h2-36H,1H3/i1D3. The van der Waals surface area contributed by atoms with Gasteiger partial charge in [0.15, 0.2) is 0 Å². The summed E-state index contributed by atoms with van der Waals surface area (Å²) < 4.78 is 40.8. The Morgan fingerprint density at radius 3 is 1.92 bits per heavy atom. The van der Waals surface area contributed by atoms with Gasteiger partial charge in [0.1, 0.15) is 28.5 Å². The van der Waals surface area contributed by atoms with E-state index < -0.39 is 6.85 Å². The van der Waals surface area contributed by atoms with Gasteiger partial charge in [-0.2, -0.15) is 0 Å². The average Bonchev–Trinajstić information content (AvgIpc) is 3.90. The van der Waals surface area contributed by atoms with Crippen LogP contribution >= 0.6 is 0 Å². The highest BCUT2D eigenvalue weighted by molar-refractivity contribution is 6.11. The molecule has 0 bridgehead atoms. The number of nitrogens with zero attached hydrogens (tertiary/aromatic N) is 2. The predicted molar refractivity (Wildman–Crippen MR) is 247 cm³/mol. The zero-order valence-corrected chi connectivity index (χ0v) is 32.4. The molecule has 11 rings (SSSR count). The zero-order valence-electron chi connectivity index (χ0n) is 35.4. The van der Waals surface area contributed by atoms with Crippen LogP contribution in [0.25, 0.3) is 94.6 Å². The molecule has 0 aliphatic heterocycles. The number of furan rings is 1. The topological polar surface area (TPSA) is 40.2 Å². The number of rotatable bonds is 8. The number of benzene rings is 9. The van der Waals surface area contributed by atoms with Crippen LogP contribution < -0.4 is 4.74 Å². The van der Waals surface area contributed by atoms with Crippen molar-refractivity contribution in [2.24, 2.45) is 0 Å².